The summed E-state index contributed by atoms with van der Waals surface area (Å²) in [5.41, 5.74) is 0.784. The zero-order valence-electron chi connectivity index (χ0n) is 10.0. The molecule has 0 spiro atoms. The van der Waals surface area contributed by atoms with Gasteiger partial charge in [0.2, 0.25) is 0 Å². The van der Waals surface area contributed by atoms with Crippen molar-refractivity contribution in [3.8, 4) is 0 Å². The highest BCUT2D eigenvalue weighted by molar-refractivity contribution is 5.96. The molecular formula is C14H16O3. The lowest BCUT2D eigenvalue weighted by molar-refractivity contribution is -0.153. The topological polar surface area (TPSA) is 46.5 Å². The van der Waals surface area contributed by atoms with Gasteiger partial charge in [-0.05, 0) is 25.5 Å². The summed E-state index contributed by atoms with van der Waals surface area (Å²) in [6.07, 6.45) is 1.59. The Bertz CT molecular complexity index is 448. The Morgan fingerprint density at radius 2 is 2.06 bits per heavy atom. The van der Waals surface area contributed by atoms with Gasteiger partial charge in [-0.3, -0.25) is 0 Å². The normalized spacial score (nSPS) is 28.2. The molecule has 0 saturated carbocycles. The van der Waals surface area contributed by atoms with E-state index >= 15 is 0 Å². The molecule has 0 bridgehead atoms. The molecule has 1 aliphatic heterocycles. The van der Waals surface area contributed by atoms with E-state index in [1.54, 1.807) is 13.8 Å². The standard InChI is InChI=1S/C14H16O3/c1-10(15)14(2)9-12(13(16)17-14)8-11-6-4-3-5-7-11/h3-8,10,15H,9H2,1-2H3/b12-8+/t10?,14-/m0/s1. The summed E-state index contributed by atoms with van der Waals surface area (Å²) in [6.45, 7) is 3.39. The number of aliphatic hydroxyl groups excluding tert-OH is 1. The van der Waals surface area contributed by atoms with Gasteiger partial charge in [0.05, 0.1) is 6.10 Å². The molecule has 1 heterocycles. The van der Waals surface area contributed by atoms with Gasteiger partial charge in [0, 0.05) is 12.0 Å². The molecular weight excluding hydrogens is 216 g/mol. The summed E-state index contributed by atoms with van der Waals surface area (Å²) in [4.78, 5) is 11.7. The minimum Gasteiger partial charge on any atom is -0.453 e. The molecule has 0 radical (unpaired) electrons. The quantitative estimate of drug-likeness (QED) is 0.628. The van der Waals surface area contributed by atoms with Crippen LogP contribution in [0.15, 0.2) is 35.9 Å². The fourth-order valence-electron chi connectivity index (χ4n) is 1.86. The summed E-state index contributed by atoms with van der Waals surface area (Å²) in [7, 11) is 0. The molecule has 0 aromatic heterocycles. The number of hydrogen-bond donors (Lipinski definition) is 1. The lowest BCUT2D eigenvalue weighted by Gasteiger charge is -2.24. The number of esters is 1. The third kappa shape index (κ3) is 2.39. The molecule has 17 heavy (non-hydrogen) atoms. The van der Waals surface area contributed by atoms with Gasteiger partial charge in [0.15, 0.2) is 0 Å². The number of benzene rings is 1. The van der Waals surface area contributed by atoms with Crippen LogP contribution < -0.4 is 0 Å². The number of aliphatic hydroxyl groups is 1. The van der Waals surface area contributed by atoms with E-state index in [0.29, 0.717) is 12.0 Å². The molecule has 1 aliphatic rings. The number of rotatable bonds is 2. The molecule has 1 unspecified atom stereocenters. The minimum absolute atomic E-state index is 0.336. The van der Waals surface area contributed by atoms with E-state index in [2.05, 4.69) is 0 Å². The smallest absolute Gasteiger partial charge is 0.334 e. The van der Waals surface area contributed by atoms with Crippen molar-refractivity contribution in [2.45, 2.75) is 32.0 Å². The van der Waals surface area contributed by atoms with Crippen molar-refractivity contribution in [3.63, 3.8) is 0 Å². The van der Waals surface area contributed by atoms with Crippen LogP contribution in [0.1, 0.15) is 25.8 Å². The highest BCUT2D eigenvalue weighted by Crippen LogP contribution is 2.34. The molecule has 90 valence electrons. The largest absolute Gasteiger partial charge is 0.453 e. The van der Waals surface area contributed by atoms with Gasteiger partial charge in [0.25, 0.3) is 0 Å². The van der Waals surface area contributed by atoms with Gasteiger partial charge in [-0.25, -0.2) is 4.79 Å². The molecule has 1 fully saturated rings. The first kappa shape index (κ1) is 11.9. The second kappa shape index (κ2) is 4.34. The van der Waals surface area contributed by atoms with Crippen LogP contribution >= 0.6 is 0 Å². The van der Waals surface area contributed by atoms with E-state index in [-0.39, 0.29) is 5.97 Å². The minimum atomic E-state index is -0.794. The van der Waals surface area contributed by atoms with Gasteiger partial charge in [-0.15, -0.1) is 0 Å². The Balaban J connectivity index is 2.25. The molecule has 0 aliphatic carbocycles. The summed E-state index contributed by atoms with van der Waals surface area (Å²) < 4.78 is 5.24. The van der Waals surface area contributed by atoms with Crippen LogP contribution in [0.4, 0.5) is 0 Å². The summed E-state index contributed by atoms with van der Waals surface area (Å²) in [6, 6.07) is 9.62. The summed E-state index contributed by atoms with van der Waals surface area (Å²) >= 11 is 0. The summed E-state index contributed by atoms with van der Waals surface area (Å²) in [5, 5.41) is 9.61. The average molecular weight is 232 g/mol. The van der Waals surface area contributed by atoms with Crippen LogP contribution in [-0.2, 0) is 9.53 Å². The van der Waals surface area contributed by atoms with Crippen molar-refractivity contribution >= 4 is 12.0 Å². The van der Waals surface area contributed by atoms with E-state index in [1.165, 1.54) is 0 Å². The van der Waals surface area contributed by atoms with Crippen LogP contribution in [0.25, 0.3) is 6.08 Å². The van der Waals surface area contributed by atoms with Crippen LogP contribution in [0.5, 0.6) is 0 Å². The van der Waals surface area contributed by atoms with Crippen molar-refractivity contribution < 1.29 is 14.6 Å². The first-order valence-electron chi connectivity index (χ1n) is 5.68. The maximum absolute atomic E-state index is 11.7. The third-order valence-electron chi connectivity index (χ3n) is 3.15. The van der Waals surface area contributed by atoms with Crippen LogP contribution in [-0.4, -0.2) is 22.8 Å². The molecule has 0 amide bonds. The van der Waals surface area contributed by atoms with Crippen molar-refractivity contribution in [1.29, 1.82) is 0 Å². The van der Waals surface area contributed by atoms with Crippen molar-refractivity contribution in [2.75, 3.05) is 0 Å². The molecule has 3 nitrogen and oxygen atoms in total. The van der Waals surface area contributed by atoms with E-state index in [1.807, 2.05) is 36.4 Å². The van der Waals surface area contributed by atoms with Gasteiger partial charge in [-0.2, -0.15) is 0 Å². The van der Waals surface area contributed by atoms with Crippen LogP contribution in [0.3, 0.4) is 0 Å². The third-order valence-corrected chi connectivity index (χ3v) is 3.15. The number of ether oxygens (including phenoxy) is 1. The zero-order valence-corrected chi connectivity index (χ0v) is 10.0. The number of carbonyl (C=O) groups is 1. The Labute approximate surface area is 101 Å². The van der Waals surface area contributed by atoms with Crippen molar-refractivity contribution in [2.24, 2.45) is 0 Å². The second-order valence-corrected chi connectivity index (χ2v) is 4.64. The van der Waals surface area contributed by atoms with Gasteiger partial charge >= 0.3 is 5.97 Å². The molecule has 1 saturated heterocycles. The highest BCUT2D eigenvalue weighted by atomic mass is 16.6. The molecule has 1 aromatic rings. The first-order valence-corrected chi connectivity index (χ1v) is 5.68. The zero-order chi connectivity index (χ0) is 12.5. The monoisotopic (exact) mass is 232 g/mol. The Hall–Kier alpha value is -1.61. The fraction of sp³-hybridized carbons (Fsp3) is 0.357. The van der Waals surface area contributed by atoms with E-state index in [4.69, 9.17) is 4.74 Å². The molecule has 2 rings (SSSR count). The second-order valence-electron chi connectivity index (χ2n) is 4.64. The lowest BCUT2D eigenvalue weighted by atomic mass is 9.94. The SMILES string of the molecule is CC(O)[C@]1(C)C/C(=C\c2ccccc2)C(=O)O1. The van der Waals surface area contributed by atoms with Crippen LogP contribution in [0.2, 0.25) is 0 Å². The lowest BCUT2D eigenvalue weighted by Crippen LogP contribution is -2.36. The maximum Gasteiger partial charge on any atom is 0.334 e. The fourth-order valence-corrected chi connectivity index (χ4v) is 1.86. The Morgan fingerprint density at radius 1 is 1.41 bits per heavy atom. The van der Waals surface area contributed by atoms with Crippen molar-refractivity contribution in [3.05, 3.63) is 41.5 Å². The molecule has 1 N–H and O–H groups in total. The predicted molar refractivity (Wildman–Crippen MR) is 65.2 cm³/mol. The van der Waals surface area contributed by atoms with Gasteiger partial charge in [-0.1, -0.05) is 30.3 Å². The summed E-state index contributed by atoms with van der Waals surface area (Å²) in [5.74, 6) is -0.336. The molecule has 1 aromatic carbocycles. The van der Waals surface area contributed by atoms with Gasteiger partial charge in [0.1, 0.15) is 5.60 Å². The van der Waals surface area contributed by atoms with E-state index in [9.17, 15) is 9.90 Å². The average Bonchev–Trinajstić information content (AvgIpc) is 2.57. The first-order chi connectivity index (χ1) is 8.01. The Morgan fingerprint density at radius 3 is 2.59 bits per heavy atom. The Kier molecular flexibility index (Phi) is 3.03. The number of hydrogen-bond acceptors (Lipinski definition) is 3. The predicted octanol–water partition coefficient (Wildman–Crippen LogP) is 2.16. The highest BCUT2D eigenvalue weighted by Gasteiger charge is 2.43. The molecule has 2 atom stereocenters. The van der Waals surface area contributed by atoms with Crippen molar-refractivity contribution in [1.82, 2.24) is 0 Å². The molecule has 3 heteroatoms. The number of cyclic esters (lactones) is 1. The van der Waals surface area contributed by atoms with E-state index in [0.717, 1.165) is 5.56 Å². The number of carbonyl (C=O) groups excluding carboxylic acids is 1. The van der Waals surface area contributed by atoms with Gasteiger partial charge < -0.3 is 9.84 Å². The maximum atomic E-state index is 11.7. The van der Waals surface area contributed by atoms with Crippen LogP contribution in [0, 0.1) is 0 Å². The van der Waals surface area contributed by atoms with E-state index < -0.39 is 11.7 Å².